The van der Waals surface area contributed by atoms with Gasteiger partial charge in [0, 0.05) is 37.4 Å². The topological polar surface area (TPSA) is 6.48 Å². The lowest BCUT2D eigenvalue weighted by Crippen LogP contribution is -2.53. The molecule has 0 spiro atoms. The first kappa shape index (κ1) is 22.0. The van der Waals surface area contributed by atoms with Gasteiger partial charge in [-0.05, 0) is 79.3 Å². The number of likely N-dealkylation sites (tertiary alicyclic amines) is 1. The Kier molecular flexibility index (Phi) is 5.69. The average Bonchev–Trinajstić information content (AvgIpc) is 3.04. The molecule has 5 rings (SSSR count). The maximum absolute atomic E-state index is 12.9. The number of alkyl halides is 3. The summed E-state index contributed by atoms with van der Waals surface area (Å²) in [5.74, 6) is 0. The highest BCUT2D eigenvalue weighted by Crippen LogP contribution is 2.37. The van der Waals surface area contributed by atoms with E-state index in [1.54, 1.807) is 12.1 Å². The van der Waals surface area contributed by atoms with Gasteiger partial charge >= 0.3 is 6.18 Å². The minimum Gasteiger partial charge on any atom is -0.363 e. The number of hydrogen-bond acceptors (Lipinski definition) is 2. The molecule has 2 saturated heterocycles. The van der Waals surface area contributed by atoms with E-state index >= 15 is 0 Å². The highest BCUT2D eigenvalue weighted by molar-refractivity contribution is 5.68. The largest absolute Gasteiger partial charge is 0.416 e. The number of hydrogen-bond donors (Lipinski definition) is 0. The molecule has 0 aromatic heterocycles. The van der Waals surface area contributed by atoms with E-state index in [0.29, 0.717) is 12.1 Å². The van der Waals surface area contributed by atoms with E-state index in [4.69, 9.17) is 0 Å². The number of piperazine rings is 1. The first-order valence-corrected chi connectivity index (χ1v) is 11.6. The van der Waals surface area contributed by atoms with Crippen LogP contribution < -0.4 is 4.90 Å². The van der Waals surface area contributed by atoms with Gasteiger partial charge in [-0.1, -0.05) is 42.0 Å². The molecule has 0 saturated carbocycles. The highest BCUT2D eigenvalue weighted by atomic mass is 19.4. The fourth-order valence-electron chi connectivity index (χ4n) is 5.60. The summed E-state index contributed by atoms with van der Waals surface area (Å²) < 4.78 is 38.8. The van der Waals surface area contributed by atoms with Gasteiger partial charge in [0.25, 0.3) is 0 Å². The molecule has 2 heterocycles. The fourth-order valence-corrected chi connectivity index (χ4v) is 5.60. The molecule has 3 aromatic rings. The zero-order valence-corrected chi connectivity index (χ0v) is 19.1. The van der Waals surface area contributed by atoms with Crippen LogP contribution in [0.5, 0.6) is 0 Å². The molecule has 2 bridgehead atoms. The van der Waals surface area contributed by atoms with E-state index in [2.05, 4.69) is 66.1 Å². The quantitative estimate of drug-likeness (QED) is 0.429. The summed E-state index contributed by atoms with van der Waals surface area (Å²) in [6.07, 6.45) is -2.11. The number of benzene rings is 3. The maximum atomic E-state index is 12.9. The third-order valence-electron chi connectivity index (χ3n) is 7.08. The zero-order chi connectivity index (χ0) is 23.2. The van der Waals surface area contributed by atoms with Gasteiger partial charge in [0.05, 0.1) is 5.56 Å². The molecule has 33 heavy (non-hydrogen) atoms. The van der Waals surface area contributed by atoms with Gasteiger partial charge in [0.1, 0.15) is 0 Å². The molecular formula is C28H29F3N2. The molecule has 2 nitrogen and oxygen atoms in total. The van der Waals surface area contributed by atoms with Crippen LogP contribution in [0.3, 0.4) is 0 Å². The van der Waals surface area contributed by atoms with Gasteiger partial charge in [-0.15, -0.1) is 0 Å². The fraction of sp³-hybridized carbons (Fsp3) is 0.357. The molecule has 0 aliphatic carbocycles. The van der Waals surface area contributed by atoms with Crippen LogP contribution in [-0.2, 0) is 12.7 Å². The molecule has 172 valence electrons. The predicted molar refractivity (Wildman–Crippen MR) is 127 cm³/mol. The van der Waals surface area contributed by atoms with Gasteiger partial charge in [0.15, 0.2) is 0 Å². The molecule has 0 N–H and O–H groups in total. The smallest absolute Gasteiger partial charge is 0.363 e. The van der Waals surface area contributed by atoms with Crippen LogP contribution in [0.4, 0.5) is 18.9 Å². The van der Waals surface area contributed by atoms with Crippen molar-refractivity contribution in [2.45, 2.75) is 51.5 Å². The lowest BCUT2D eigenvalue weighted by molar-refractivity contribution is -0.137. The standard InChI is InChI=1S/C28H29F3N2/c1-19-6-13-27(20(2)14-19)22-5-3-4-21(15-22)16-32-17-25-11-12-26(18-32)33(25)24-9-7-23(8-10-24)28(29,30)31/h3-10,13-15,25-26H,11-12,16-18H2,1-2H3. The Balaban J connectivity index is 1.29. The first-order chi connectivity index (χ1) is 15.8. The van der Waals surface area contributed by atoms with Crippen LogP contribution in [0.25, 0.3) is 11.1 Å². The van der Waals surface area contributed by atoms with Crippen molar-refractivity contribution in [3.63, 3.8) is 0 Å². The van der Waals surface area contributed by atoms with Crippen LogP contribution in [0.2, 0.25) is 0 Å². The summed E-state index contributed by atoms with van der Waals surface area (Å²) in [6.45, 7) is 7.04. The molecule has 0 radical (unpaired) electrons. The van der Waals surface area contributed by atoms with E-state index in [1.165, 1.54) is 39.9 Å². The maximum Gasteiger partial charge on any atom is 0.416 e. The molecule has 2 unspecified atom stereocenters. The third-order valence-corrected chi connectivity index (χ3v) is 7.08. The predicted octanol–water partition coefficient (Wildman–Crippen LogP) is 6.84. The molecule has 2 atom stereocenters. The third kappa shape index (κ3) is 4.51. The molecule has 2 aliphatic rings. The van der Waals surface area contributed by atoms with E-state index < -0.39 is 11.7 Å². The van der Waals surface area contributed by atoms with Crippen molar-refractivity contribution < 1.29 is 13.2 Å². The minimum atomic E-state index is -4.29. The molecule has 0 amide bonds. The molecule has 2 aliphatic heterocycles. The normalized spacial score (nSPS) is 20.9. The van der Waals surface area contributed by atoms with Gasteiger partial charge in [-0.3, -0.25) is 4.90 Å². The number of aryl methyl sites for hydroxylation is 2. The number of rotatable bonds is 4. The summed E-state index contributed by atoms with van der Waals surface area (Å²) in [5.41, 5.74) is 6.71. The Hall–Kier alpha value is -2.79. The zero-order valence-electron chi connectivity index (χ0n) is 19.1. The van der Waals surface area contributed by atoms with Crippen molar-refractivity contribution in [2.24, 2.45) is 0 Å². The second-order valence-corrected chi connectivity index (χ2v) is 9.55. The van der Waals surface area contributed by atoms with Gasteiger partial charge in [-0.25, -0.2) is 0 Å². The number of fused-ring (bicyclic) bond motifs is 2. The summed E-state index contributed by atoms with van der Waals surface area (Å²) in [4.78, 5) is 4.85. The van der Waals surface area contributed by atoms with Crippen molar-refractivity contribution in [3.05, 3.63) is 89.0 Å². The Morgan fingerprint density at radius 2 is 1.55 bits per heavy atom. The monoisotopic (exact) mass is 450 g/mol. The second kappa shape index (κ2) is 8.53. The first-order valence-electron chi connectivity index (χ1n) is 11.6. The van der Waals surface area contributed by atoms with Crippen LogP contribution in [0.1, 0.15) is 35.1 Å². The van der Waals surface area contributed by atoms with Gasteiger partial charge < -0.3 is 4.90 Å². The SMILES string of the molecule is Cc1ccc(-c2cccc(CN3CC4CCC(C3)N4c3ccc(C(F)(F)F)cc3)c2)c(C)c1. The van der Waals surface area contributed by atoms with E-state index in [-0.39, 0.29) is 0 Å². The molecular weight excluding hydrogens is 421 g/mol. The van der Waals surface area contributed by atoms with Gasteiger partial charge in [-0.2, -0.15) is 13.2 Å². The van der Waals surface area contributed by atoms with E-state index in [9.17, 15) is 13.2 Å². The van der Waals surface area contributed by atoms with Crippen molar-refractivity contribution in [2.75, 3.05) is 18.0 Å². The lowest BCUT2D eigenvalue weighted by Gasteiger charge is -2.42. The number of nitrogens with zero attached hydrogens (tertiary/aromatic N) is 2. The Morgan fingerprint density at radius 1 is 0.848 bits per heavy atom. The van der Waals surface area contributed by atoms with Crippen molar-refractivity contribution >= 4 is 5.69 Å². The second-order valence-electron chi connectivity index (χ2n) is 9.55. The Morgan fingerprint density at radius 3 is 2.18 bits per heavy atom. The summed E-state index contributed by atoms with van der Waals surface area (Å²) in [6, 6.07) is 21.8. The van der Waals surface area contributed by atoms with Gasteiger partial charge in [0.2, 0.25) is 0 Å². The highest BCUT2D eigenvalue weighted by Gasteiger charge is 2.40. The molecule has 5 heteroatoms. The summed E-state index contributed by atoms with van der Waals surface area (Å²) >= 11 is 0. The Bertz CT molecular complexity index is 1120. The van der Waals surface area contributed by atoms with E-state index in [0.717, 1.165) is 38.2 Å². The van der Waals surface area contributed by atoms with Crippen LogP contribution in [0.15, 0.2) is 66.7 Å². The van der Waals surface area contributed by atoms with Crippen LogP contribution in [0, 0.1) is 13.8 Å². The Labute approximate surface area is 193 Å². The van der Waals surface area contributed by atoms with Crippen LogP contribution >= 0.6 is 0 Å². The summed E-state index contributed by atoms with van der Waals surface area (Å²) in [7, 11) is 0. The lowest BCUT2D eigenvalue weighted by atomic mass is 9.97. The molecule has 2 fully saturated rings. The number of halogens is 3. The number of anilines is 1. The van der Waals surface area contributed by atoms with E-state index in [1.807, 2.05) is 0 Å². The minimum absolute atomic E-state index is 0.350. The van der Waals surface area contributed by atoms with Crippen molar-refractivity contribution in [1.29, 1.82) is 0 Å². The average molecular weight is 451 g/mol. The van der Waals surface area contributed by atoms with Crippen molar-refractivity contribution in [3.8, 4) is 11.1 Å². The van der Waals surface area contributed by atoms with Crippen LogP contribution in [-0.4, -0.2) is 30.1 Å². The summed E-state index contributed by atoms with van der Waals surface area (Å²) in [5, 5.41) is 0. The van der Waals surface area contributed by atoms with Crippen molar-refractivity contribution in [1.82, 2.24) is 4.90 Å². The molecule has 3 aromatic carbocycles.